The van der Waals surface area contributed by atoms with Gasteiger partial charge in [0.1, 0.15) is 0 Å². The van der Waals surface area contributed by atoms with Gasteiger partial charge in [-0.05, 0) is 44.4 Å². The minimum atomic E-state index is -3.50. The van der Waals surface area contributed by atoms with Crippen molar-refractivity contribution in [3.05, 3.63) is 40.5 Å². The number of sulfonamides is 1. The van der Waals surface area contributed by atoms with Crippen LogP contribution in [-0.4, -0.2) is 23.7 Å². The summed E-state index contributed by atoms with van der Waals surface area (Å²) in [6, 6.07) is 7.46. The molecule has 0 atom stereocenters. The van der Waals surface area contributed by atoms with Crippen molar-refractivity contribution in [1.82, 2.24) is 9.29 Å². The fourth-order valence-corrected chi connectivity index (χ4v) is 5.70. The van der Waals surface area contributed by atoms with Crippen molar-refractivity contribution in [3.63, 3.8) is 0 Å². The highest BCUT2D eigenvalue weighted by atomic mass is 32.2. The van der Waals surface area contributed by atoms with Gasteiger partial charge in [-0.1, -0.05) is 12.1 Å². The van der Waals surface area contributed by atoms with E-state index in [1.54, 1.807) is 23.4 Å². The first-order valence-corrected chi connectivity index (χ1v) is 9.44. The summed E-state index contributed by atoms with van der Waals surface area (Å²) >= 11 is 1.25. The third kappa shape index (κ3) is 3.02. The van der Waals surface area contributed by atoms with Crippen LogP contribution in [-0.2, 0) is 16.6 Å². The lowest BCUT2D eigenvalue weighted by atomic mass is 10.2. The summed E-state index contributed by atoms with van der Waals surface area (Å²) in [6.45, 7) is 3.96. The van der Waals surface area contributed by atoms with E-state index in [9.17, 15) is 8.42 Å². The molecule has 1 aromatic carbocycles. The lowest BCUT2D eigenvalue weighted by Crippen LogP contribution is -2.32. The molecule has 2 aromatic rings. The number of thiazole rings is 1. The molecule has 0 radical (unpaired) electrons. The molecule has 5 nitrogen and oxygen atoms in total. The van der Waals surface area contributed by atoms with Gasteiger partial charge in [0, 0.05) is 18.3 Å². The number of hydrogen-bond acceptors (Lipinski definition) is 5. The maximum Gasteiger partial charge on any atom is 0.255 e. The van der Waals surface area contributed by atoms with Gasteiger partial charge in [-0.25, -0.2) is 13.4 Å². The zero-order valence-corrected chi connectivity index (χ0v) is 14.2. The zero-order valence-electron chi connectivity index (χ0n) is 12.6. The van der Waals surface area contributed by atoms with Gasteiger partial charge in [0.2, 0.25) is 0 Å². The van der Waals surface area contributed by atoms with Crippen LogP contribution in [0.25, 0.3) is 0 Å². The first kappa shape index (κ1) is 15.5. The van der Waals surface area contributed by atoms with Crippen molar-refractivity contribution >= 4 is 27.0 Å². The molecule has 1 heterocycles. The third-order valence-electron chi connectivity index (χ3n) is 3.68. The summed E-state index contributed by atoms with van der Waals surface area (Å²) in [5, 5.41) is 0.777. The number of benzene rings is 1. The van der Waals surface area contributed by atoms with E-state index in [0.717, 1.165) is 23.4 Å². The van der Waals surface area contributed by atoms with Gasteiger partial charge in [-0.2, -0.15) is 4.31 Å². The molecule has 7 heteroatoms. The average molecular weight is 337 g/mol. The van der Waals surface area contributed by atoms with Crippen LogP contribution < -0.4 is 5.73 Å². The minimum absolute atomic E-state index is 0.101. The van der Waals surface area contributed by atoms with E-state index in [0.29, 0.717) is 22.1 Å². The largest absolute Gasteiger partial charge is 0.399 e. The van der Waals surface area contributed by atoms with Crippen LogP contribution in [0.3, 0.4) is 0 Å². The molecule has 1 fully saturated rings. The second-order valence-corrected chi connectivity index (χ2v) is 8.92. The summed E-state index contributed by atoms with van der Waals surface area (Å²) in [4.78, 5) is 4.25. The highest BCUT2D eigenvalue weighted by molar-refractivity contribution is 7.91. The van der Waals surface area contributed by atoms with Gasteiger partial charge in [0.05, 0.1) is 10.7 Å². The van der Waals surface area contributed by atoms with Crippen molar-refractivity contribution in [1.29, 1.82) is 0 Å². The Morgan fingerprint density at radius 2 is 1.91 bits per heavy atom. The first-order valence-electron chi connectivity index (χ1n) is 7.18. The Labute approximate surface area is 134 Å². The highest BCUT2D eigenvalue weighted by Gasteiger charge is 2.39. The summed E-state index contributed by atoms with van der Waals surface area (Å²) in [7, 11) is -3.50. The second kappa shape index (κ2) is 5.64. The van der Waals surface area contributed by atoms with Gasteiger partial charge in [-0.15, -0.1) is 11.3 Å². The van der Waals surface area contributed by atoms with Gasteiger partial charge < -0.3 is 5.73 Å². The van der Waals surface area contributed by atoms with Gasteiger partial charge in [0.15, 0.2) is 4.21 Å². The maximum atomic E-state index is 13.0. The van der Waals surface area contributed by atoms with Crippen molar-refractivity contribution < 1.29 is 8.42 Å². The molecular formula is C15H19N3O2S2. The molecule has 0 amide bonds. The lowest BCUT2D eigenvalue weighted by Gasteiger charge is -2.21. The van der Waals surface area contributed by atoms with Crippen LogP contribution in [0.2, 0.25) is 0 Å². The van der Waals surface area contributed by atoms with Crippen LogP contribution >= 0.6 is 11.3 Å². The summed E-state index contributed by atoms with van der Waals surface area (Å²) in [5.74, 6) is 0. The van der Waals surface area contributed by atoms with Crippen LogP contribution in [0, 0.1) is 13.8 Å². The highest BCUT2D eigenvalue weighted by Crippen LogP contribution is 2.36. The van der Waals surface area contributed by atoms with Crippen molar-refractivity contribution in [2.45, 2.75) is 43.5 Å². The summed E-state index contributed by atoms with van der Waals surface area (Å²) in [6.07, 6.45) is 1.84. The molecule has 1 saturated carbocycles. The monoisotopic (exact) mass is 337 g/mol. The Bertz CT molecular complexity index is 778. The van der Waals surface area contributed by atoms with Crippen molar-refractivity contribution in [2.75, 3.05) is 5.73 Å². The Kier molecular flexibility index (Phi) is 3.96. The Balaban J connectivity index is 1.93. The number of anilines is 1. The smallest absolute Gasteiger partial charge is 0.255 e. The SMILES string of the molecule is Cc1nc(C)c(S(=O)(=O)N(Cc2ccc(N)cc2)C2CC2)s1. The van der Waals surface area contributed by atoms with Gasteiger partial charge in [0.25, 0.3) is 10.0 Å². The quantitative estimate of drug-likeness (QED) is 0.851. The average Bonchev–Trinajstić information content (AvgIpc) is 3.22. The van der Waals surface area contributed by atoms with E-state index >= 15 is 0 Å². The molecule has 1 aliphatic rings. The Morgan fingerprint density at radius 3 is 2.41 bits per heavy atom. The third-order valence-corrected chi connectivity index (χ3v) is 7.23. The first-order chi connectivity index (χ1) is 10.4. The molecule has 0 spiro atoms. The topological polar surface area (TPSA) is 76.3 Å². The van der Waals surface area contributed by atoms with E-state index in [2.05, 4.69) is 4.98 Å². The predicted molar refractivity (Wildman–Crippen MR) is 88.2 cm³/mol. The molecule has 22 heavy (non-hydrogen) atoms. The maximum absolute atomic E-state index is 13.0. The van der Waals surface area contributed by atoms with Crippen molar-refractivity contribution in [3.8, 4) is 0 Å². The molecular weight excluding hydrogens is 318 g/mol. The van der Waals surface area contributed by atoms with Crippen LogP contribution in [0.5, 0.6) is 0 Å². The molecule has 1 aliphatic carbocycles. The fraction of sp³-hybridized carbons (Fsp3) is 0.400. The molecule has 0 bridgehead atoms. The molecule has 0 aliphatic heterocycles. The molecule has 0 unspecified atom stereocenters. The number of aromatic nitrogens is 1. The number of nitrogens with two attached hydrogens (primary N) is 1. The molecule has 1 aromatic heterocycles. The predicted octanol–water partition coefficient (Wildman–Crippen LogP) is 2.70. The number of hydrogen-bond donors (Lipinski definition) is 1. The standard InChI is InChI=1S/C15H19N3O2S2/c1-10-15(21-11(2)17-10)22(19,20)18(14-7-8-14)9-12-3-5-13(16)6-4-12/h3-6,14H,7-9,16H2,1-2H3. The normalized spacial score (nSPS) is 15.4. The lowest BCUT2D eigenvalue weighted by molar-refractivity contribution is 0.399. The second-order valence-electron chi connectivity index (χ2n) is 5.63. The summed E-state index contributed by atoms with van der Waals surface area (Å²) in [5.41, 5.74) is 7.91. The molecule has 3 rings (SSSR count). The van der Waals surface area contributed by atoms with E-state index < -0.39 is 10.0 Å². The number of nitrogen functional groups attached to an aromatic ring is 1. The molecule has 118 valence electrons. The molecule has 2 N–H and O–H groups in total. The Hall–Kier alpha value is -1.44. The number of nitrogens with zero attached hydrogens (tertiary/aromatic N) is 2. The van der Waals surface area contributed by atoms with E-state index in [1.165, 1.54) is 11.3 Å². The van der Waals surface area contributed by atoms with Crippen LogP contribution in [0.1, 0.15) is 29.1 Å². The van der Waals surface area contributed by atoms with Gasteiger partial charge >= 0.3 is 0 Å². The zero-order chi connectivity index (χ0) is 15.9. The van der Waals surface area contributed by atoms with E-state index in [-0.39, 0.29) is 6.04 Å². The van der Waals surface area contributed by atoms with E-state index in [4.69, 9.17) is 5.73 Å². The summed E-state index contributed by atoms with van der Waals surface area (Å²) < 4.78 is 28.0. The fourth-order valence-electron chi connectivity index (χ4n) is 2.43. The minimum Gasteiger partial charge on any atom is -0.399 e. The Morgan fingerprint density at radius 1 is 1.27 bits per heavy atom. The van der Waals surface area contributed by atoms with E-state index in [1.807, 2.05) is 19.1 Å². The number of rotatable bonds is 5. The van der Waals surface area contributed by atoms with Gasteiger partial charge in [-0.3, -0.25) is 0 Å². The van der Waals surface area contributed by atoms with Crippen LogP contribution in [0.4, 0.5) is 5.69 Å². The molecule has 0 saturated heterocycles. The number of aryl methyl sites for hydroxylation is 2. The van der Waals surface area contributed by atoms with Crippen molar-refractivity contribution in [2.24, 2.45) is 0 Å². The van der Waals surface area contributed by atoms with Crippen LogP contribution in [0.15, 0.2) is 28.5 Å².